The Bertz CT molecular complexity index is 986. The molecule has 0 saturated carbocycles. The van der Waals surface area contributed by atoms with Crippen LogP contribution in [0.1, 0.15) is 19.3 Å². The second kappa shape index (κ2) is 7.89. The third-order valence-electron chi connectivity index (χ3n) is 5.37. The lowest BCUT2D eigenvalue weighted by Gasteiger charge is -2.39. The van der Waals surface area contributed by atoms with Gasteiger partial charge >= 0.3 is 0 Å². The Morgan fingerprint density at radius 3 is 2.64 bits per heavy atom. The summed E-state index contributed by atoms with van der Waals surface area (Å²) in [4.78, 5) is 21.7. The molecule has 7 nitrogen and oxygen atoms in total. The van der Waals surface area contributed by atoms with Crippen molar-refractivity contribution in [3.63, 3.8) is 0 Å². The highest BCUT2D eigenvalue weighted by molar-refractivity contribution is 9.10. The third kappa shape index (κ3) is 4.05. The lowest BCUT2D eigenvalue weighted by Crippen LogP contribution is -2.57. The topological polar surface area (TPSA) is 73.8 Å². The fourth-order valence-corrected chi connectivity index (χ4v) is 6.59. The summed E-state index contributed by atoms with van der Waals surface area (Å²) in [6.07, 6.45) is 3.52. The Labute approximate surface area is 177 Å². The Morgan fingerprint density at radius 2 is 1.93 bits per heavy atom. The number of halogens is 1. The summed E-state index contributed by atoms with van der Waals surface area (Å²) < 4.78 is 27.7. The second-order valence-corrected chi connectivity index (χ2v) is 11.2. The van der Waals surface area contributed by atoms with E-state index in [0.717, 1.165) is 32.7 Å². The Balaban J connectivity index is 1.43. The molecule has 0 bridgehead atoms. The number of carbonyl (C=O) groups excluding carboxylic acids is 1. The van der Waals surface area contributed by atoms with Gasteiger partial charge in [0.05, 0.1) is 16.5 Å². The first-order valence-electron chi connectivity index (χ1n) is 9.39. The second-order valence-electron chi connectivity index (χ2n) is 7.31. The van der Waals surface area contributed by atoms with Gasteiger partial charge in [-0.05, 0) is 31.0 Å². The number of hydrogen-bond donors (Lipinski definition) is 0. The first kappa shape index (κ1) is 20.1. The van der Waals surface area contributed by atoms with E-state index in [1.54, 1.807) is 11.3 Å². The van der Waals surface area contributed by atoms with E-state index in [2.05, 4.69) is 26.9 Å². The molecule has 1 aromatic heterocycles. The SMILES string of the molecule is CS(=O)(=O)N1CCCCC1C(=O)N1CCN(c2nc3ccc(Br)cc3s2)CC1. The molecule has 1 unspecified atom stereocenters. The van der Waals surface area contributed by atoms with Crippen molar-refractivity contribution >= 4 is 58.5 Å². The van der Waals surface area contributed by atoms with Gasteiger partial charge in [-0.2, -0.15) is 4.31 Å². The molecule has 10 heteroatoms. The average molecular weight is 487 g/mol. The van der Waals surface area contributed by atoms with Gasteiger partial charge in [0.15, 0.2) is 5.13 Å². The van der Waals surface area contributed by atoms with Crippen molar-refractivity contribution in [3.05, 3.63) is 22.7 Å². The van der Waals surface area contributed by atoms with Crippen LogP contribution in [0.15, 0.2) is 22.7 Å². The number of amides is 1. The smallest absolute Gasteiger partial charge is 0.241 e. The lowest BCUT2D eigenvalue weighted by molar-refractivity contribution is -0.136. The van der Waals surface area contributed by atoms with Gasteiger partial charge in [0.25, 0.3) is 0 Å². The van der Waals surface area contributed by atoms with Crippen molar-refractivity contribution in [2.45, 2.75) is 25.3 Å². The third-order valence-corrected chi connectivity index (χ3v) is 8.23. The summed E-state index contributed by atoms with van der Waals surface area (Å²) in [5.41, 5.74) is 0.979. The van der Waals surface area contributed by atoms with Crippen LogP contribution in [-0.2, 0) is 14.8 Å². The van der Waals surface area contributed by atoms with Gasteiger partial charge < -0.3 is 9.80 Å². The maximum absolute atomic E-state index is 13.0. The lowest BCUT2D eigenvalue weighted by atomic mass is 10.0. The molecule has 152 valence electrons. The summed E-state index contributed by atoms with van der Waals surface area (Å²) in [6, 6.07) is 5.51. The molecule has 0 spiro atoms. The van der Waals surface area contributed by atoms with Crippen molar-refractivity contribution in [1.82, 2.24) is 14.2 Å². The van der Waals surface area contributed by atoms with Gasteiger partial charge in [0.2, 0.25) is 15.9 Å². The predicted molar refractivity (Wildman–Crippen MR) is 115 cm³/mol. The molecule has 1 atom stereocenters. The van der Waals surface area contributed by atoms with E-state index in [4.69, 9.17) is 4.98 Å². The molecule has 2 aromatic rings. The summed E-state index contributed by atoms with van der Waals surface area (Å²) in [7, 11) is -3.37. The van der Waals surface area contributed by atoms with Crippen LogP contribution in [0, 0.1) is 0 Å². The Morgan fingerprint density at radius 1 is 1.18 bits per heavy atom. The van der Waals surface area contributed by atoms with Crippen molar-refractivity contribution < 1.29 is 13.2 Å². The van der Waals surface area contributed by atoms with Gasteiger partial charge in [0.1, 0.15) is 6.04 Å². The van der Waals surface area contributed by atoms with Crippen LogP contribution < -0.4 is 4.90 Å². The zero-order valence-corrected chi connectivity index (χ0v) is 18.9. The van der Waals surface area contributed by atoms with Crippen LogP contribution in [-0.4, -0.2) is 73.5 Å². The first-order chi connectivity index (χ1) is 13.3. The Hall–Kier alpha value is -1.23. The van der Waals surface area contributed by atoms with E-state index in [9.17, 15) is 13.2 Å². The molecule has 2 fully saturated rings. The number of hydrogen-bond acceptors (Lipinski definition) is 6. The molecule has 3 heterocycles. The number of carbonyl (C=O) groups is 1. The average Bonchev–Trinajstić information content (AvgIpc) is 3.10. The van der Waals surface area contributed by atoms with Crippen molar-refractivity contribution in [2.75, 3.05) is 43.9 Å². The predicted octanol–water partition coefficient (Wildman–Crippen LogP) is 2.52. The van der Waals surface area contributed by atoms with E-state index >= 15 is 0 Å². The molecule has 4 rings (SSSR count). The summed E-state index contributed by atoms with van der Waals surface area (Å²) in [5, 5.41) is 0.968. The monoisotopic (exact) mass is 486 g/mol. The van der Waals surface area contributed by atoms with Gasteiger partial charge in [-0.3, -0.25) is 4.79 Å². The molecule has 0 aliphatic carbocycles. The minimum atomic E-state index is -3.37. The number of anilines is 1. The molecular formula is C18H23BrN4O3S2. The normalized spacial score (nSPS) is 22.0. The molecule has 2 saturated heterocycles. The van der Waals surface area contributed by atoms with E-state index in [1.165, 1.54) is 10.6 Å². The number of fused-ring (bicyclic) bond motifs is 1. The minimum absolute atomic E-state index is 0.0574. The van der Waals surface area contributed by atoms with E-state index < -0.39 is 16.1 Å². The summed E-state index contributed by atoms with van der Waals surface area (Å²) >= 11 is 5.15. The van der Waals surface area contributed by atoms with Crippen LogP contribution in [0.3, 0.4) is 0 Å². The summed E-state index contributed by atoms with van der Waals surface area (Å²) in [5.74, 6) is -0.0574. The quantitative estimate of drug-likeness (QED) is 0.666. The van der Waals surface area contributed by atoms with Crippen LogP contribution in [0.25, 0.3) is 10.2 Å². The number of thiazole rings is 1. The number of sulfonamides is 1. The van der Waals surface area contributed by atoms with Crippen molar-refractivity contribution in [3.8, 4) is 0 Å². The van der Waals surface area contributed by atoms with E-state index in [-0.39, 0.29) is 5.91 Å². The van der Waals surface area contributed by atoms with Crippen LogP contribution in [0.4, 0.5) is 5.13 Å². The molecule has 28 heavy (non-hydrogen) atoms. The fourth-order valence-electron chi connectivity index (χ4n) is 3.90. The molecule has 1 amide bonds. The van der Waals surface area contributed by atoms with Gasteiger partial charge in [-0.1, -0.05) is 33.7 Å². The zero-order valence-electron chi connectivity index (χ0n) is 15.7. The minimum Gasteiger partial charge on any atom is -0.345 e. The summed E-state index contributed by atoms with van der Waals surface area (Å²) in [6.45, 7) is 3.03. The maximum Gasteiger partial charge on any atom is 0.241 e. The van der Waals surface area contributed by atoms with Crippen molar-refractivity contribution in [1.29, 1.82) is 0 Å². The largest absolute Gasteiger partial charge is 0.345 e. The standard InChI is InChI=1S/C18H23BrN4O3S2/c1-28(25,26)23-7-3-2-4-15(23)17(24)21-8-10-22(11-9-21)18-20-14-6-5-13(19)12-16(14)27-18/h5-6,12,15H,2-4,7-11H2,1H3. The fraction of sp³-hybridized carbons (Fsp3) is 0.556. The molecular weight excluding hydrogens is 464 g/mol. The number of nitrogens with zero attached hydrogens (tertiary/aromatic N) is 4. The maximum atomic E-state index is 13.0. The molecule has 0 radical (unpaired) electrons. The molecule has 1 aromatic carbocycles. The highest BCUT2D eigenvalue weighted by Crippen LogP contribution is 2.31. The highest BCUT2D eigenvalue weighted by atomic mass is 79.9. The van der Waals surface area contributed by atoms with Gasteiger partial charge in [-0.15, -0.1) is 0 Å². The van der Waals surface area contributed by atoms with Crippen molar-refractivity contribution in [2.24, 2.45) is 0 Å². The molecule has 0 N–H and O–H groups in total. The Kier molecular flexibility index (Phi) is 5.65. The van der Waals surface area contributed by atoms with E-state index in [0.29, 0.717) is 39.1 Å². The van der Waals surface area contributed by atoms with Crippen LogP contribution in [0.2, 0.25) is 0 Å². The number of piperidine rings is 1. The highest BCUT2D eigenvalue weighted by Gasteiger charge is 2.37. The van der Waals surface area contributed by atoms with E-state index in [1.807, 2.05) is 17.0 Å². The molecule has 2 aliphatic heterocycles. The number of benzene rings is 1. The van der Waals surface area contributed by atoms with Gasteiger partial charge in [-0.25, -0.2) is 13.4 Å². The first-order valence-corrected chi connectivity index (χ1v) is 12.9. The van der Waals surface area contributed by atoms with Crippen LogP contribution >= 0.6 is 27.3 Å². The van der Waals surface area contributed by atoms with Gasteiger partial charge in [0, 0.05) is 37.2 Å². The number of piperazine rings is 1. The number of aromatic nitrogens is 1. The zero-order chi connectivity index (χ0) is 19.9. The van der Waals surface area contributed by atoms with Crippen LogP contribution in [0.5, 0.6) is 0 Å². The molecule has 2 aliphatic rings. The number of rotatable bonds is 3.